The van der Waals surface area contributed by atoms with Crippen LogP contribution in [-0.2, 0) is 6.73 Å². The highest BCUT2D eigenvalue weighted by Crippen LogP contribution is 1.96. The second kappa shape index (κ2) is 2.81. The number of aliphatic hydroxyl groups excluding tert-OH is 1. The van der Waals surface area contributed by atoms with Crippen LogP contribution in [0.2, 0.25) is 5.15 Å². The van der Waals surface area contributed by atoms with E-state index in [1.165, 1.54) is 12.1 Å². The minimum absolute atomic E-state index is 0.189. The quantitative estimate of drug-likeness (QED) is 0.622. The Morgan fingerprint density at radius 1 is 1.70 bits per heavy atom. The second-order valence-corrected chi connectivity index (χ2v) is 2.02. The zero-order chi connectivity index (χ0) is 7.56. The molecule has 0 spiro atoms. The van der Waals surface area contributed by atoms with Crippen LogP contribution in [0.5, 0.6) is 0 Å². The van der Waals surface area contributed by atoms with Gasteiger partial charge >= 0.3 is 0 Å². The van der Waals surface area contributed by atoms with Gasteiger partial charge in [-0.05, 0) is 6.07 Å². The summed E-state index contributed by atoms with van der Waals surface area (Å²) >= 11 is 5.41. The predicted molar refractivity (Wildman–Crippen MR) is 35.7 cm³/mol. The molecular weight excluding hydrogens is 156 g/mol. The molecule has 54 valence electrons. The van der Waals surface area contributed by atoms with Gasteiger partial charge in [0.2, 0.25) is 0 Å². The van der Waals surface area contributed by atoms with E-state index in [4.69, 9.17) is 16.7 Å². The summed E-state index contributed by atoms with van der Waals surface area (Å²) in [6.45, 7) is -0.445. The van der Waals surface area contributed by atoms with Crippen LogP contribution in [-0.4, -0.2) is 14.9 Å². The smallest absolute Gasteiger partial charge is 0.269 e. The van der Waals surface area contributed by atoms with E-state index in [9.17, 15) is 4.79 Å². The Bertz CT molecular complexity index is 283. The molecule has 1 N–H and O–H groups in total. The van der Waals surface area contributed by atoms with E-state index < -0.39 is 6.73 Å². The minimum Gasteiger partial charge on any atom is -0.374 e. The van der Waals surface area contributed by atoms with Crippen molar-refractivity contribution in [1.29, 1.82) is 0 Å². The number of aliphatic hydroxyl groups is 1. The monoisotopic (exact) mass is 160 g/mol. The summed E-state index contributed by atoms with van der Waals surface area (Å²) in [5.41, 5.74) is -0.369. The Hall–Kier alpha value is -0.870. The van der Waals surface area contributed by atoms with Crippen LogP contribution in [0.15, 0.2) is 16.9 Å². The van der Waals surface area contributed by atoms with Crippen molar-refractivity contribution >= 4 is 11.6 Å². The van der Waals surface area contributed by atoms with Crippen LogP contribution in [0, 0.1) is 0 Å². The van der Waals surface area contributed by atoms with Crippen LogP contribution in [0.25, 0.3) is 0 Å². The standard InChI is InChI=1S/C5H5ClN2O2/c6-4-1-2-5(10)8(3-9)7-4/h1-2,9H,3H2. The van der Waals surface area contributed by atoms with E-state index in [-0.39, 0.29) is 10.7 Å². The van der Waals surface area contributed by atoms with Crippen molar-refractivity contribution in [1.82, 2.24) is 9.78 Å². The van der Waals surface area contributed by atoms with Gasteiger partial charge in [-0.25, -0.2) is 4.68 Å². The molecule has 10 heavy (non-hydrogen) atoms. The largest absolute Gasteiger partial charge is 0.374 e. The highest BCUT2D eigenvalue weighted by Gasteiger charge is 1.94. The van der Waals surface area contributed by atoms with E-state index in [2.05, 4.69) is 5.10 Å². The molecule has 4 nitrogen and oxygen atoms in total. The lowest BCUT2D eigenvalue weighted by Gasteiger charge is -1.96. The lowest BCUT2D eigenvalue weighted by atomic mass is 10.6. The summed E-state index contributed by atoms with van der Waals surface area (Å²) in [5, 5.41) is 12.2. The van der Waals surface area contributed by atoms with Gasteiger partial charge in [0.1, 0.15) is 11.9 Å². The van der Waals surface area contributed by atoms with Crippen LogP contribution in [0.1, 0.15) is 0 Å². The molecule has 0 aliphatic heterocycles. The van der Waals surface area contributed by atoms with Crippen molar-refractivity contribution in [2.24, 2.45) is 0 Å². The summed E-state index contributed by atoms with van der Waals surface area (Å²) in [6.07, 6.45) is 0. The maximum absolute atomic E-state index is 10.7. The first-order valence-electron chi connectivity index (χ1n) is 2.58. The van der Waals surface area contributed by atoms with E-state index in [0.29, 0.717) is 0 Å². The lowest BCUT2D eigenvalue weighted by Crippen LogP contribution is -2.21. The van der Waals surface area contributed by atoms with Gasteiger partial charge in [-0.1, -0.05) is 11.6 Å². The predicted octanol–water partition coefficient (Wildman–Crippen LogP) is -0.154. The van der Waals surface area contributed by atoms with Crippen molar-refractivity contribution in [2.75, 3.05) is 0 Å². The molecule has 1 rings (SSSR count). The summed E-state index contributed by atoms with van der Waals surface area (Å²) < 4.78 is 0.863. The average molecular weight is 161 g/mol. The molecule has 0 aliphatic rings. The zero-order valence-electron chi connectivity index (χ0n) is 4.99. The Kier molecular flexibility index (Phi) is 2.03. The van der Waals surface area contributed by atoms with Gasteiger partial charge in [0, 0.05) is 6.07 Å². The van der Waals surface area contributed by atoms with Gasteiger partial charge in [-0.2, -0.15) is 5.10 Å². The van der Waals surface area contributed by atoms with Crippen molar-refractivity contribution < 1.29 is 5.11 Å². The topological polar surface area (TPSA) is 55.1 Å². The first-order valence-corrected chi connectivity index (χ1v) is 2.96. The molecule has 0 aliphatic carbocycles. The molecule has 1 heterocycles. The van der Waals surface area contributed by atoms with Crippen LogP contribution in [0.3, 0.4) is 0 Å². The molecule has 5 heteroatoms. The first kappa shape index (κ1) is 7.24. The molecule has 0 bridgehead atoms. The molecule has 1 aromatic rings. The van der Waals surface area contributed by atoms with Gasteiger partial charge in [0.25, 0.3) is 5.56 Å². The van der Waals surface area contributed by atoms with Crippen LogP contribution >= 0.6 is 11.6 Å². The summed E-state index contributed by atoms with van der Waals surface area (Å²) in [7, 11) is 0. The van der Waals surface area contributed by atoms with Gasteiger partial charge in [-0.3, -0.25) is 4.79 Å². The third-order valence-electron chi connectivity index (χ3n) is 0.968. The molecule has 0 saturated heterocycles. The Labute approximate surface area is 61.7 Å². The molecule has 0 amide bonds. The van der Waals surface area contributed by atoms with Crippen molar-refractivity contribution in [3.63, 3.8) is 0 Å². The lowest BCUT2D eigenvalue weighted by molar-refractivity contribution is 0.189. The SMILES string of the molecule is O=c1ccc(Cl)nn1CO. The number of hydrogen-bond acceptors (Lipinski definition) is 3. The molecule has 0 unspecified atom stereocenters. The molecule has 0 saturated carbocycles. The van der Waals surface area contributed by atoms with Crippen LogP contribution < -0.4 is 5.56 Å². The second-order valence-electron chi connectivity index (χ2n) is 1.64. The number of hydrogen-bond donors (Lipinski definition) is 1. The highest BCUT2D eigenvalue weighted by molar-refractivity contribution is 6.29. The minimum atomic E-state index is -0.445. The van der Waals surface area contributed by atoms with E-state index in [1.54, 1.807) is 0 Å². The highest BCUT2D eigenvalue weighted by atomic mass is 35.5. The maximum atomic E-state index is 10.7. The number of rotatable bonds is 1. The average Bonchev–Trinajstić information content (AvgIpc) is 1.94. The van der Waals surface area contributed by atoms with Gasteiger partial charge < -0.3 is 5.11 Å². The zero-order valence-corrected chi connectivity index (χ0v) is 5.75. The summed E-state index contributed by atoms with van der Waals surface area (Å²) in [4.78, 5) is 10.7. The summed E-state index contributed by atoms with van der Waals surface area (Å²) in [6, 6.07) is 2.61. The van der Waals surface area contributed by atoms with Gasteiger partial charge in [0.05, 0.1) is 0 Å². The normalized spacial score (nSPS) is 9.80. The number of aromatic nitrogens is 2. The van der Waals surface area contributed by atoms with Crippen molar-refractivity contribution in [3.8, 4) is 0 Å². The summed E-state index contributed by atoms with van der Waals surface area (Å²) in [5.74, 6) is 0. The maximum Gasteiger partial charge on any atom is 0.269 e. The fraction of sp³-hybridized carbons (Fsp3) is 0.200. The molecule has 0 aromatic carbocycles. The van der Waals surface area contributed by atoms with Gasteiger partial charge in [-0.15, -0.1) is 0 Å². The van der Waals surface area contributed by atoms with Crippen molar-refractivity contribution in [3.05, 3.63) is 27.6 Å². The molecule has 0 fully saturated rings. The number of halogens is 1. The molecular formula is C5H5ClN2O2. The Morgan fingerprint density at radius 3 is 2.90 bits per heavy atom. The van der Waals surface area contributed by atoms with E-state index >= 15 is 0 Å². The third-order valence-corrected chi connectivity index (χ3v) is 1.17. The van der Waals surface area contributed by atoms with E-state index in [1.807, 2.05) is 0 Å². The molecule has 1 aromatic heterocycles. The Morgan fingerprint density at radius 2 is 2.40 bits per heavy atom. The van der Waals surface area contributed by atoms with Gasteiger partial charge in [0.15, 0.2) is 0 Å². The molecule has 0 radical (unpaired) electrons. The molecule has 0 atom stereocenters. The van der Waals surface area contributed by atoms with Crippen LogP contribution in [0.4, 0.5) is 0 Å². The fourth-order valence-electron chi connectivity index (χ4n) is 0.525. The third kappa shape index (κ3) is 1.34. The fourth-order valence-corrected chi connectivity index (χ4v) is 0.680. The van der Waals surface area contributed by atoms with E-state index in [0.717, 1.165) is 4.68 Å². The van der Waals surface area contributed by atoms with Crippen molar-refractivity contribution in [2.45, 2.75) is 6.73 Å². The Balaban J connectivity index is 3.22. The first-order chi connectivity index (χ1) is 4.74. The number of nitrogens with zero attached hydrogens (tertiary/aromatic N) is 2.